The Bertz CT molecular complexity index is 197. The van der Waals surface area contributed by atoms with Gasteiger partial charge in [-0.05, 0) is 64.6 Å². The Kier molecular flexibility index (Phi) is 7.34. The first-order valence-corrected chi connectivity index (χ1v) is 7.24. The summed E-state index contributed by atoms with van der Waals surface area (Å²) in [7, 11) is 0. The normalized spacial score (nSPS) is 13.4. The van der Waals surface area contributed by atoms with E-state index in [1.165, 1.54) is 25.8 Å². The molecular formula is C15H34N2. The van der Waals surface area contributed by atoms with E-state index in [1.54, 1.807) is 0 Å². The molecule has 0 spiro atoms. The Morgan fingerprint density at radius 1 is 0.941 bits per heavy atom. The van der Waals surface area contributed by atoms with Crippen LogP contribution in [0.1, 0.15) is 67.2 Å². The fourth-order valence-electron chi connectivity index (χ4n) is 2.48. The minimum Gasteiger partial charge on any atom is -0.330 e. The fraction of sp³-hybridized carbons (Fsp3) is 1.00. The van der Waals surface area contributed by atoms with E-state index in [-0.39, 0.29) is 0 Å². The molecule has 0 heterocycles. The van der Waals surface area contributed by atoms with Crippen molar-refractivity contribution >= 4 is 0 Å². The summed E-state index contributed by atoms with van der Waals surface area (Å²) >= 11 is 0. The molecule has 0 aliphatic carbocycles. The SMILES string of the molecule is CCCN(CC)C(C)(C)CCC(C)(C)CCN. The summed E-state index contributed by atoms with van der Waals surface area (Å²) in [5, 5.41) is 0. The van der Waals surface area contributed by atoms with Crippen LogP contribution in [0.4, 0.5) is 0 Å². The minimum atomic E-state index is 0.316. The number of nitrogens with zero attached hydrogens (tertiary/aromatic N) is 1. The van der Waals surface area contributed by atoms with Gasteiger partial charge in [-0.2, -0.15) is 0 Å². The summed E-state index contributed by atoms with van der Waals surface area (Å²) in [5.74, 6) is 0. The molecule has 0 aliphatic rings. The smallest absolute Gasteiger partial charge is 0.0153 e. The van der Waals surface area contributed by atoms with Gasteiger partial charge in [0.1, 0.15) is 0 Å². The van der Waals surface area contributed by atoms with Crippen molar-refractivity contribution in [2.45, 2.75) is 72.8 Å². The Hall–Kier alpha value is -0.0800. The summed E-state index contributed by atoms with van der Waals surface area (Å²) in [6.07, 6.45) is 4.89. The lowest BCUT2D eigenvalue weighted by atomic mass is 9.80. The molecule has 0 aromatic heterocycles. The zero-order valence-electron chi connectivity index (χ0n) is 13.0. The molecule has 2 N–H and O–H groups in total. The second-order valence-electron chi connectivity index (χ2n) is 6.59. The third kappa shape index (κ3) is 6.42. The van der Waals surface area contributed by atoms with Crippen LogP contribution in [0, 0.1) is 5.41 Å². The Morgan fingerprint density at radius 2 is 1.53 bits per heavy atom. The molecule has 0 aromatic carbocycles. The van der Waals surface area contributed by atoms with Gasteiger partial charge in [0.15, 0.2) is 0 Å². The Morgan fingerprint density at radius 3 is 1.94 bits per heavy atom. The lowest BCUT2D eigenvalue weighted by Crippen LogP contribution is -2.44. The van der Waals surface area contributed by atoms with Gasteiger partial charge in [0.25, 0.3) is 0 Å². The topological polar surface area (TPSA) is 29.3 Å². The molecule has 0 bridgehead atoms. The highest BCUT2D eigenvalue weighted by molar-refractivity contribution is 4.83. The molecule has 0 rings (SSSR count). The van der Waals surface area contributed by atoms with Crippen LogP contribution in [0.2, 0.25) is 0 Å². The lowest BCUT2D eigenvalue weighted by molar-refractivity contribution is 0.100. The molecule has 0 unspecified atom stereocenters. The van der Waals surface area contributed by atoms with E-state index in [9.17, 15) is 0 Å². The standard InChI is InChI=1S/C15H34N2/c1-7-13-17(8-2)15(5,6)10-9-14(3,4)11-12-16/h7-13,16H2,1-6H3. The van der Waals surface area contributed by atoms with Gasteiger partial charge in [0.05, 0.1) is 0 Å². The lowest BCUT2D eigenvalue weighted by Gasteiger charge is -2.40. The molecule has 0 radical (unpaired) electrons. The van der Waals surface area contributed by atoms with E-state index in [4.69, 9.17) is 5.73 Å². The van der Waals surface area contributed by atoms with Crippen molar-refractivity contribution in [2.75, 3.05) is 19.6 Å². The van der Waals surface area contributed by atoms with E-state index < -0.39 is 0 Å². The first-order chi connectivity index (χ1) is 7.79. The van der Waals surface area contributed by atoms with Crippen molar-refractivity contribution in [3.05, 3.63) is 0 Å². The van der Waals surface area contributed by atoms with Crippen LogP contribution in [0.15, 0.2) is 0 Å². The van der Waals surface area contributed by atoms with Crippen molar-refractivity contribution in [2.24, 2.45) is 11.1 Å². The molecular weight excluding hydrogens is 208 g/mol. The predicted octanol–water partition coefficient (Wildman–Crippen LogP) is 3.65. The molecule has 0 saturated heterocycles. The van der Waals surface area contributed by atoms with Crippen LogP contribution >= 0.6 is 0 Å². The zero-order valence-corrected chi connectivity index (χ0v) is 13.0. The van der Waals surface area contributed by atoms with Crippen LogP contribution in [0.3, 0.4) is 0 Å². The van der Waals surface area contributed by atoms with Gasteiger partial charge in [0, 0.05) is 5.54 Å². The molecule has 0 saturated carbocycles. The Balaban J connectivity index is 4.32. The van der Waals surface area contributed by atoms with E-state index in [1.807, 2.05) is 0 Å². The quantitative estimate of drug-likeness (QED) is 0.668. The van der Waals surface area contributed by atoms with Gasteiger partial charge >= 0.3 is 0 Å². The minimum absolute atomic E-state index is 0.316. The van der Waals surface area contributed by atoms with E-state index in [0.29, 0.717) is 11.0 Å². The average molecular weight is 242 g/mol. The van der Waals surface area contributed by atoms with Crippen LogP contribution in [-0.2, 0) is 0 Å². The zero-order chi connectivity index (χ0) is 13.5. The number of rotatable bonds is 9. The molecule has 0 atom stereocenters. The maximum Gasteiger partial charge on any atom is 0.0153 e. The molecule has 0 aliphatic heterocycles. The summed E-state index contributed by atoms with van der Waals surface area (Å²) < 4.78 is 0. The maximum atomic E-state index is 5.68. The van der Waals surface area contributed by atoms with Gasteiger partial charge in [-0.3, -0.25) is 4.90 Å². The molecule has 0 aromatic rings. The second-order valence-corrected chi connectivity index (χ2v) is 6.59. The molecule has 104 valence electrons. The summed E-state index contributed by atoms with van der Waals surface area (Å²) in [5.41, 5.74) is 6.38. The maximum absolute atomic E-state index is 5.68. The van der Waals surface area contributed by atoms with Gasteiger partial charge in [-0.1, -0.05) is 27.7 Å². The number of hydrogen-bond acceptors (Lipinski definition) is 2. The number of hydrogen-bond donors (Lipinski definition) is 1. The van der Waals surface area contributed by atoms with Crippen molar-refractivity contribution in [1.29, 1.82) is 0 Å². The molecule has 2 heteroatoms. The van der Waals surface area contributed by atoms with Crippen molar-refractivity contribution in [1.82, 2.24) is 4.90 Å². The van der Waals surface area contributed by atoms with Gasteiger partial charge in [0.2, 0.25) is 0 Å². The second kappa shape index (κ2) is 7.38. The highest BCUT2D eigenvalue weighted by Crippen LogP contribution is 2.31. The van der Waals surface area contributed by atoms with Gasteiger partial charge in [-0.25, -0.2) is 0 Å². The Labute approximate surface area is 109 Å². The van der Waals surface area contributed by atoms with Gasteiger partial charge < -0.3 is 5.73 Å². The van der Waals surface area contributed by atoms with E-state index in [2.05, 4.69) is 46.4 Å². The highest BCUT2D eigenvalue weighted by atomic mass is 15.2. The first-order valence-electron chi connectivity index (χ1n) is 7.24. The van der Waals surface area contributed by atoms with Crippen LogP contribution in [0.5, 0.6) is 0 Å². The first kappa shape index (κ1) is 16.9. The molecule has 2 nitrogen and oxygen atoms in total. The molecule has 0 amide bonds. The van der Waals surface area contributed by atoms with E-state index in [0.717, 1.165) is 19.5 Å². The fourth-order valence-corrected chi connectivity index (χ4v) is 2.48. The largest absolute Gasteiger partial charge is 0.330 e. The molecule has 17 heavy (non-hydrogen) atoms. The number of nitrogens with two attached hydrogens (primary N) is 1. The van der Waals surface area contributed by atoms with Crippen LogP contribution in [0.25, 0.3) is 0 Å². The highest BCUT2D eigenvalue weighted by Gasteiger charge is 2.27. The summed E-state index contributed by atoms with van der Waals surface area (Å²) in [6, 6.07) is 0. The van der Waals surface area contributed by atoms with Crippen molar-refractivity contribution in [3.63, 3.8) is 0 Å². The monoisotopic (exact) mass is 242 g/mol. The third-order valence-corrected chi connectivity index (χ3v) is 3.97. The van der Waals surface area contributed by atoms with Gasteiger partial charge in [-0.15, -0.1) is 0 Å². The van der Waals surface area contributed by atoms with Crippen LogP contribution < -0.4 is 5.73 Å². The van der Waals surface area contributed by atoms with Crippen LogP contribution in [-0.4, -0.2) is 30.1 Å². The summed E-state index contributed by atoms with van der Waals surface area (Å²) in [6.45, 7) is 17.1. The summed E-state index contributed by atoms with van der Waals surface area (Å²) in [4.78, 5) is 2.60. The molecule has 0 fully saturated rings. The third-order valence-electron chi connectivity index (χ3n) is 3.97. The average Bonchev–Trinajstić information content (AvgIpc) is 2.23. The predicted molar refractivity (Wildman–Crippen MR) is 78.3 cm³/mol. The van der Waals surface area contributed by atoms with Crippen molar-refractivity contribution in [3.8, 4) is 0 Å². The van der Waals surface area contributed by atoms with E-state index >= 15 is 0 Å². The van der Waals surface area contributed by atoms with Crippen molar-refractivity contribution < 1.29 is 0 Å².